The van der Waals surface area contributed by atoms with Crippen molar-refractivity contribution in [3.63, 3.8) is 0 Å². The number of benzene rings is 1. The predicted octanol–water partition coefficient (Wildman–Crippen LogP) is 0.651. The molecule has 2 N–H and O–H groups in total. The van der Waals surface area contributed by atoms with Crippen LogP contribution in [-0.2, 0) is 28.2 Å². The molecule has 34 heavy (non-hydrogen) atoms. The van der Waals surface area contributed by atoms with Crippen molar-refractivity contribution in [2.24, 2.45) is 0 Å². The van der Waals surface area contributed by atoms with Gasteiger partial charge in [0, 0.05) is 6.54 Å². The first-order valence-electron chi connectivity index (χ1n) is 10.2. The second-order valence-corrected chi connectivity index (χ2v) is 7.91. The highest BCUT2D eigenvalue weighted by Gasteiger charge is 2.34. The Hall–Kier alpha value is -4.13. The zero-order chi connectivity index (χ0) is 24.6. The minimum absolute atomic E-state index is 0.138. The number of fused-ring (bicyclic) bond motifs is 1. The summed E-state index contributed by atoms with van der Waals surface area (Å²) >= 11 is 0. The number of hydrogen-bond acceptors (Lipinski definition) is 9. The highest BCUT2D eigenvalue weighted by Crippen LogP contribution is 2.27. The fraction of sp³-hybridized carbons (Fsp3) is 0.333. The van der Waals surface area contributed by atoms with E-state index in [0.717, 1.165) is 10.7 Å². The number of hydrogen-bond donors (Lipinski definition) is 2. The van der Waals surface area contributed by atoms with Gasteiger partial charge in [-0.3, -0.25) is 14.2 Å². The Morgan fingerprint density at radius 2 is 2.12 bits per heavy atom. The number of halogens is 1. The van der Waals surface area contributed by atoms with Crippen LogP contribution < -0.4 is 10.9 Å². The van der Waals surface area contributed by atoms with Gasteiger partial charge in [0.25, 0.3) is 17.3 Å². The highest BCUT2D eigenvalue weighted by atomic mass is 19.1. The average Bonchev–Trinajstić information content (AvgIpc) is 3.30. The molecule has 0 bridgehead atoms. The molecule has 1 aliphatic heterocycles. The van der Waals surface area contributed by atoms with Crippen LogP contribution in [0.2, 0.25) is 0 Å². The van der Waals surface area contributed by atoms with Crippen LogP contribution in [0.15, 0.2) is 29.3 Å². The van der Waals surface area contributed by atoms with Crippen LogP contribution >= 0.6 is 0 Å². The first-order valence-corrected chi connectivity index (χ1v) is 10.2. The van der Waals surface area contributed by atoms with Gasteiger partial charge >= 0.3 is 5.97 Å². The fourth-order valence-corrected chi connectivity index (χ4v) is 3.55. The number of aromatic nitrogens is 5. The third-order valence-corrected chi connectivity index (χ3v) is 5.27. The maximum absolute atomic E-state index is 13.9. The Labute approximate surface area is 192 Å². The second kappa shape index (κ2) is 8.67. The lowest BCUT2D eigenvalue weighted by molar-refractivity contribution is -0.0566. The van der Waals surface area contributed by atoms with Crippen molar-refractivity contribution in [2.45, 2.75) is 32.5 Å². The minimum Gasteiger partial charge on any atom is -0.501 e. The van der Waals surface area contributed by atoms with Gasteiger partial charge in [-0.25, -0.2) is 23.8 Å². The molecule has 0 saturated carbocycles. The maximum atomic E-state index is 13.9. The molecule has 3 aromatic rings. The SMILES string of the molecule is COC(=O)c1ncn(-c2cc(F)ccc2CNC(=O)c2nc3n(c(=O)c2O)CCOC3(C)C)n1. The van der Waals surface area contributed by atoms with E-state index >= 15 is 0 Å². The summed E-state index contributed by atoms with van der Waals surface area (Å²) < 4.78 is 26.6. The van der Waals surface area contributed by atoms with Gasteiger partial charge in [-0.2, -0.15) is 0 Å². The van der Waals surface area contributed by atoms with Crippen molar-refractivity contribution in [1.82, 2.24) is 29.6 Å². The van der Waals surface area contributed by atoms with Gasteiger partial charge in [0.2, 0.25) is 5.75 Å². The van der Waals surface area contributed by atoms with Crippen molar-refractivity contribution in [3.8, 4) is 11.4 Å². The monoisotopic (exact) mass is 472 g/mol. The lowest BCUT2D eigenvalue weighted by atomic mass is 10.1. The van der Waals surface area contributed by atoms with E-state index < -0.39 is 40.3 Å². The molecule has 4 rings (SSSR count). The summed E-state index contributed by atoms with van der Waals surface area (Å²) in [7, 11) is 1.18. The number of nitrogens with one attached hydrogen (secondary N) is 1. The summed E-state index contributed by atoms with van der Waals surface area (Å²) in [6, 6.07) is 3.75. The standard InChI is InChI=1S/C21H21FN6O6/c1-21(2)20-25-14(15(29)18(31)27(20)6-7-34-21)17(30)23-9-11-4-5-12(22)8-13(11)28-10-24-16(26-28)19(32)33-3/h4-5,8,10,29H,6-7,9H2,1-3H3,(H,23,30). The maximum Gasteiger partial charge on any atom is 0.377 e. The summed E-state index contributed by atoms with van der Waals surface area (Å²) in [5.41, 5.74) is -1.51. The molecule has 3 heterocycles. The average molecular weight is 472 g/mol. The molecule has 0 spiro atoms. The van der Waals surface area contributed by atoms with Crippen molar-refractivity contribution in [1.29, 1.82) is 0 Å². The number of esters is 1. The number of rotatable bonds is 5. The molecule has 0 atom stereocenters. The van der Waals surface area contributed by atoms with Crippen LogP contribution in [0.5, 0.6) is 5.75 Å². The Kier molecular flexibility index (Phi) is 5.87. The number of carbonyl (C=O) groups excluding carboxylic acids is 2. The van der Waals surface area contributed by atoms with Crippen molar-refractivity contribution < 1.29 is 28.6 Å². The Morgan fingerprint density at radius 3 is 2.85 bits per heavy atom. The zero-order valence-electron chi connectivity index (χ0n) is 18.5. The first kappa shape index (κ1) is 23.0. The summed E-state index contributed by atoms with van der Waals surface area (Å²) in [5, 5.41) is 16.9. The smallest absolute Gasteiger partial charge is 0.377 e. The molecule has 2 aromatic heterocycles. The van der Waals surface area contributed by atoms with Crippen LogP contribution in [0, 0.1) is 5.82 Å². The number of ether oxygens (including phenoxy) is 2. The number of carbonyl (C=O) groups is 2. The number of aromatic hydroxyl groups is 1. The Balaban J connectivity index is 1.62. The van der Waals surface area contributed by atoms with Crippen LogP contribution in [0.4, 0.5) is 4.39 Å². The summed E-state index contributed by atoms with van der Waals surface area (Å²) in [5.74, 6) is -2.95. The molecule has 0 fully saturated rings. The van der Waals surface area contributed by atoms with E-state index in [1.807, 2.05) is 0 Å². The van der Waals surface area contributed by atoms with Gasteiger partial charge < -0.3 is 19.9 Å². The summed E-state index contributed by atoms with van der Waals surface area (Å²) in [6.45, 7) is 3.73. The van der Waals surface area contributed by atoms with Gasteiger partial charge in [-0.1, -0.05) is 6.07 Å². The summed E-state index contributed by atoms with van der Waals surface area (Å²) in [6.07, 6.45) is 1.20. The molecular weight excluding hydrogens is 451 g/mol. The predicted molar refractivity (Wildman–Crippen MR) is 113 cm³/mol. The first-order chi connectivity index (χ1) is 16.1. The third kappa shape index (κ3) is 4.12. The number of methoxy groups -OCH3 is 1. The van der Waals surface area contributed by atoms with Gasteiger partial charge in [-0.05, 0) is 31.5 Å². The molecule has 0 radical (unpaired) electrons. The van der Waals surface area contributed by atoms with Crippen molar-refractivity contribution >= 4 is 11.9 Å². The van der Waals surface area contributed by atoms with Crippen LogP contribution in [0.25, 0.3) is 5.69 Å². The van der Waals surface area contributed by atoms with E-state index in [1.54, 1.807) is 13.8 Å². The molecule has 1 aromatic carbocycles. The summed E-state index contributed by atoms with van der Waals surface area (Å²) in [4.78, 5) is 45.1. The van der Waals surface area contributed by atoms with E-state index in [2.05, 4.69) is 25.1 Å². The lowest BCUT2D eigenvalue weighted by Gasteiger charge is -2.32. The minimum atomic E-state index is -0.936. The van der Waals surface area contributed by atoms with Crippen LogP contribution in [-0.4, -0.2) is 55.0 Å². The van der Waals surface area contributed by atoms with E-state index in [-0.39, 0.29) is 37.0 Å². The normalized spacial score (nSPS) is 14.4. The molecule has 1 amide bonds. The van der Waals surface area contributed by atoms with Gasteiger partial charge in [-0.15, -0.1) is 5.10 Å². The molecule has 0 aliphatic carbocycles. The fourth-order valence-electron chi connectivity index (χ4n) is 3.55. The van der Waals surface area contributed by atoms with Gasteiger partial charge in [0.1, 0.15) is 23.6 Å². The van der Waals surface area contributed by atoms with Crippen LogP contribution in [0.1, 0.15) is 46.3 Å². The van der Waals surface area contributed by atoms with E-state index in [1.165, 1.54) is 30.1 Å². The third-order valence-electron chi connectivity index (χ3n) is 5.27. The molecule has 12 nitrogen and oxygen atoms in total. The van der Waals surface area contributed by atoms with Crippen molar-refractivity contribution in [2.75, 3.05) is 13.7 Å². The highest BCUT2D eigenvalue weighted by molar-refractivity contribution is 5.94. The molecule has 0 saturated heterocycles. The zero-order valence-corrected chi connectivity index (χ0v) is 18.5. The molecule has 178 valence electrons. The van der Waals surface area contributed by atoms with Crippen molar-refractivity contribution in [3.05, 3.63) is 63.6 Å². The second-order valence-electron chi connectivity index (χ2n) is 7.91. The Bertz CT molecular complexity index is 1350. The molecule has 13 heteroatoms. The topological polar surface area (TPSA) is 150 Å². The van der Waals surface area contributed by atoms with Crippen LogP contribution in [0.3, 0.4) is 0 Å². The van der Waals surface area contributed by atoms with E-state index in [4.69, 9.17) is 4.74 Å². The molecular formula is C21H21FN6O6. The number of nitrogens with zero attached hydrogens (tertiary/aromatic N) is 5. The lowest BCUT2D eigenvalue weighted by Crippen LogP contribution is -2.42. The Morgan fingerprint density at radius 1 is 1.35 bits per heavy atom. The largest absolute Gasteiger partial charge is 0.501 e. The van der Waals surface area contributed by atoms with E-state index in [0.29, 0.717) is 5.56 Å². The number of amides is 1. The van der Waals surface area contributed by atoms with Gasteiger partial charge in [0.15, 0.2) is 5.69 Å². The molecule has 0 unspecified atom stereocenters. The van der Waals surface area contributed by atoms with E-state index in [9.17, 15) is 23.9 Å². The van der Waals surface area contributed by atoms with Gasteiger partial charge in [0.05, 0.1) is 25.9 Å². The molecule has 1 aliphatic rings. The quantitative estimate of drug-likeness (QED) is 0.510.